The van der Waals surface area contributed by atoms with Gasteiger partial charge in [-0.2, -0.15) is 0 Å². The average molecular weight is 362 g/mol. The summed E-state index contributed by atoms with van der Waals surface area (Å²) < 4.78 is 51.3. The van der Waals surface area contributed by atoms with Gasteiger partial charge in [0.15, 0.2) is 5.76 Å². The minimum absolute atomic E-state index is 0.0398. The first-order chi connectivity index (χ1) is 11.9. The molecule has 2 aromatic carbocycles. The Bertz CT molecular complexity index is 1000. The molecule has 1 N–H and O–H groups in total. The third-order valence-corrected chi connectivity index (χ3v) is 5.01. The van der Waals surface area contributed by atoms with Crippen LogP contribution in [0.4, 0.5) is 10.1 Å². The highest BCUT2D eigenvalue weighted by molar-refractivity contribution is 7.92. The van der Waals surface area contributed by atoms with Gasteiger partial charge in [0.1, 0.15) is 16.5 Å². The molecular formula is C17H15FN2O4S. The molecule has 0 amide bonds. The zero-order chi connectivity index (χ0) is 18.0. The van der Waals surface area contributed by atoms with Gasteiger partial charge in [0.05, 0.1) is 19.0 Å². The van der Waals surface area contributed by atoms with E-state index in [9.17, 15) is 12.8 Å². The van der Waals surface area contributed by atoms with E-state index in [1.807, 2.05) is 0 Å². The minimum Gasteiger partial charge on any atom is -0.495 e. The van der Waals surface area contributed by atoms with Gasteiger partial charge in [-0.05, 0) is 48.9 Å². The van der Waals surface area contributed by atoms with Crippen molar-refractivity contribution in [2.45, 2.75) is 11.8 Å². The number of aromatic nitrogens is 1. The number of rotatable bonds is 5. The molecule has 3 aromatic rings. The van der Waals surface area contributed by atoms with Gasteiger partial charge in [-0.3, -0.25) is 4.72 Å². The molecule has 1 heterocycles. The molecular weight excluding hydrogens is 347 g/mol. The molecule has 130 valence electrons. The molecule has 1 aromatic heterocycles. The second-order valence-electron chi connectivity index (χ2n) is 5.31. The van der Waals surface area contributed by atoms with Crippen LogP contribution < -0.4 is 9.46 Å². The van der Waals surface area contributed by atoms with Gasteiger partial charge in [-0.1, -0.05) is 5.16 Å². The third kappa shape index (κ3) is 3.48. The van der Waals surface area contributed by atoms with Crippen LogP contribution in [0.5, 0.6) is 5.75 Å². The average Bonchev–Trinajstić information content (AvgIpc) is 3.11. The number of nitrogens with one attached hydrogen (secondary N) is 1. The molecule has 0 saturated heterocycles. The normalized spacial score (nSPS) is 11.3. The number of methoxy groups -OCH3 is 1. The van der Waals surface area contributed by atoms with Crippen molar-refractivity contribution in [1.29, 1.82) is 0 Å². The summed E-state index contributed by atoms with van der Waals surface area (Å²) in [4.78, 5) is -0.0398. The molecule has 0 saturated carbocycles. The SMILES string of the molecule is COc1cc(-c2ccno2)ccc1S(=O)(=O)Nc1ccc(F)cc1C. The fourth-order valence-corrected chi connectivity index (χ4v) is 3.63. The fraction of sp³-hybridized carbons (Fsp3) is 0.118. The molecule has 0 spiro atoms. The summed E-state index contributed by atoms with van der Waals surface area (Å²) in [5, 5.41) is 3.62. The summed E-state index contributed by atoms with van der Waals surface area (Å²) in [5.74, 6) is 0.209. The topological polar surface area (TPSA) is 81.4 Å². The largest absolute Gasteiger partial charge is 0.495 e. The predicted molar refractivity (Wildman–Crippen MR) is 90.4 cm³/mol. The van der Waals surface area contributed by atoms with Crippen LogP contribution >= 0.6 is 0 Å². The number of hydrogen-bond donors (Lipinski definition) is 1. The third-order valence-electron chi connectivity index (χ3n) is 3.61. The highest BCUT2D eigenvalue weighted by atomic mass is 32.2. The van der Waals surface area contributed by atoms with Gasteiger partial charge in [0.25, 0.3) is 10.0 Å². The number of anilines is 1. The van der Waals surface area contributed by atoms with Crippen LogP contribution in [0.1, 0.15) is 5.56 Å². The van der Waals surface area contributed by atoms with Gasteiger partial charge >= 0.3 is 0 Å². The second-order valence-corrected chi connectivity index (χ2v) is 6.96. The monoisotopic (exact) mass is 362 g/mol. The van der Waals surface area contributed by atoms with Crippen LogP contribution in [-0.2, 0) is 10.0 Å². The van der Waals surface area contributed by atoms with E-state index in [2.05, 4.69) is 9.88 Å². The number of hydrogen-bond acceptors (Lipinski definition) is 5. The molecule has 8 heteroatoms. The Balaban J connectivity index is 1.99. The lowest BCUT2D eigenvalue weighted by atomic mass is 10.1. The highest BCUT2D eigenvalue weighted by Gasteiger charge is 2.21. The molecule has 3 rings (SSSR count). The summed E-state index contributed by atoms with van der Waals surface area (Å²) >= 11 is 0. The summed E-state index contributed by atoms with van der Waals surface area (Å²) in [6, 6.07) is 10.0. The van der Waals surface area contributed by atoms with Gasteiger partial charge in [-0.15, -0.1) is 0 Å². The Labute approximate surface area is 144 Å². The Hall–Kier alpha value is -2.87. The van der Waals surface area contributed by atoms with Crippen LogP contribution in [0.2, 0.25) is 0 Å². The van der Waals surface area contributed by atoms with E-state index in [4.69, 9.17) is 9.26 Å². The predicted octanol–water partition coefficient (Wildman–Crippen LogP) is 3.60. The minimum atomic E-state index is -3.92. The number of halogens is 1. The van der Waals surface area contributed by atoms with Crippen molar-refractivity contribution in [1.82, 2.24) is 5.16 Å². The van der Waals surface area contributed by atoms with E-state index in [0.717, 1.165) is 0 Å². The Kier molecular flexibility index (Phi) is 4.45. The summed E-state index contributed by atoms with van der Waals surface area (Å²) in [5.41, 5.74) is 1.40. The van der Waals surface area contributed by atoms with Crippen molar-refractivity contribution >= 4 is 15.7 Å². The van der Waals surface area contributed by atoms with Crippen molar-refractivity contribution in [3.05, 3.63) is 60.0 Å². The fourth-order valence-electron chi connectivity index (χ4n) is 2.35. The Morgan fingerprint density at radius 2 is 1.96 bits per heavy atom. The van der Waals surface area contributed by atoms with E-state index >= 15 is 0 Å². The number of benzene rings is 2. The summed E-state index contributed by atoms with van der Waals surface area (Å²) in [7, 11) is -2.54. The highest BCUT2D eigenvalue weighted by Crippen LogP contribution is 2.31. The molecule has 0 fully saturated rings. The van der Waals surface area contributed by atoms with Gasteiger partial charge < -0.3 is 9.26 Å². The molecule has 6 nitrogen and oxygen atoms in total. The summed E-state index contributed by atoms with van der Waals surface area (Å²) in [6.45, 7) is 1.62. The van der Waals surface area contributed by atoms with Crippen LogP contribution in [0.25, 0.3) is 11.3 Å². The Morgan fingerprint density at radius 3 is 2.60 bits per heavy atom. The van der Waals surface area contributed by atoms with Crippen molar-refractivity contribution < 1.29 is 22.1 Å². The smallest absolute Gasteiger partial charge is 0.265 e. The number of aryl methyl sites for hydroxylation is 1. The van der Waals surface area contributed by atoms with E-state index in [0.29, 0.717) is 22.6 Å². The summed E-state index contributed by atoms with van der Waals surface area (Å²) in [6.07, 6.45) is 1.49. The molecule has 0 atom stereocenters. The van der Waals surface area contributed by atoms with Gasteiger partial charge in [-0.25, -0.2) is 12.8 Å². The van der Waals surface area contributed by atoms with Crippen molar-refractivity contribution in [2.75, 3.05) is 11.8 Å². The Morgan fingerprint density at radius 1 is 1.16 bits per heavy atom. The van der Waals surface area contributed by atoms with Gasteiger partial charge in [0.2, 0.25) is 0 Å². The quantitative estimate of drug-likeness (QED) is 0.750. The van der Waals surface area contributed by atoms with Crippen LogP contribution in [-0.4, -0.2) is 20.7 Å². The zero-order valence-electron chi connectivity index (χ0n) is 13.5. The zero-order valence-corrected chi connectivity index (χ0v) is 14.3. The molecule has 25 heavy (non-hydrogen) atoms. The number of nitrogens with zero attached hydrogens (tertiary/aromatic N) is 1. The van der Waals surface area contributed by atoms with E-state index in [1.54, 1.807) is 25.1 Å². The first-order valence-corrected chi connectivity index (χ1v) is 8.77. The first-order valence-electron chi connectivity index (χ1n) is 7.29. The number of sulfonamides is 1. The van der Waals surface area contributed by atoms with Crippen LogP contribution in [0, 0.1) is 12.7 Å². The maximum atomic E-state index is 13.2. The maximum absolute atomic E-state index is 13.2. The lowest BCUT2D eigenvalue weighted by molar-refractivity contribution is 0.402. The van der Waals surface area contributed by atoms with Crippen LogP contribution in [0.15, 0.2) is 58.1 Å². The van der Waals surface area contributed by atoms with Gasteiger partial charge in [0, 0.05) is 11.6 Å². The number of ether oxygens (including phenoxy) is 1. The molecule has 0 radical (unpaired) electrons. The lowest BCUT2D eigenvalue weighted by Crippen LogP contribution is -2.15. The van der Waals surface area contributed by atoms with E-state index < -0.39 is 15.8 Å². The molecule has 0 aliphatic carbocycles. The standard InChI is InChI=1S/C17H15FN2O4S/c1-11-9-13(18)4-5-14(11)20-25(21,22)17-6-3-12(10-16(17)23-2)15-7-8-19-24-15/h3-10,20H,1-2H3. The second kappa shape index (κ2) is 6.56. The first kappa shape index (κ1) is 17.0. The molecule has 0 unspecified atom stereocenters. The van der Waals surface area contributed by atoms with Crippen LogP contribution in [0.3, 0.4) is 0 Å². The van der Waals surface area contributed by atoms with Crippen molar-refractivity contribution in [3.8, 4) is 17.1 Å². The molecule has 0 aliphatic heterocycles. The maximum Gasteiger partial charge on any atom is 0.265 e. The molecule has 0 bridgehead atoms. The van der Waals surface area contributed by atoms with Crippen molar-refractivity contribution in [3.63, 3.8) is 0 Å². The lowest BCUT2D eigenvalue weighted by Gasteiger charge is -2.14. The van der Waals surface area contributed by atoms with E-state index in [-0.39, 0.29) is 10.6 Å². The van der Waals surface area contributed by atoms with E-state index in [1.165, 1.54) is 37.6 Å². The molecule has 0 aliphatic rings. The van der Waals surface area contributed by atoms with Crippen molar-refractivity contribution in [2.24, 2.45) is 0 Å².